The predicted octanol–water partition coefficient (Wildman–Crippen LogP) is -1.01. The van der Waals surface area contributed by atoms with Gasteiger partial charge in [-0.25, -0.2) is 0 Å². The van der Waals surface area contributed by atoms with E-state index in [1.54, 1.807) is 0 Å². The monoisotopic (exact) mass is 301 g/mol. The maximum Gasteiger partial charge on any atom is 0.250 e. The molecule has 0 aromatic rings. The number of nitrogens with one attached hydrogen (secondary N) is 2. The van der Waals surface area contributed by atoms with Gasteiger partial charge in [-0.3, -0.25) is 9.59 Å². The van der Waals surface area contributed by atoms with Gasteiger partial charge in [-0.1, -0.05) is 13.8 Å². The van der Waals surface area contributed by atoms with E-state index in [1.165, 1.54) is 0 Å². The van der Waals surface area contributed by atoms with Crippen LogP contribution >= 0.6 is 0 Å². The van der Waals surface area contributed by atoms with E-state index in [-0.39, 0.29) is 11.8 Å². The third kappa shape index (κ3) is 6.41. The number of carbonyl (C=O) groups is 2. The number of hydrogen-bond acceptors (Lipinski definition) is 5. The highest BCUT2D eigenvalue weighted by atomic mass is 16.5. The molecule has 3 atom stereocenters. The van der Waals surface area contributed by atoms with Gasteiger partial charge in [-0.15, -0.1) is 0 Å². The zero-order valence-electron chi connectivity index (χ0n) is 12.8. The molecule has 0 aromatic carbocycles. The van der Waals surface area contributed by atoms with Crippen LogP contribution in [0.5, 0.6) is 0 Å². The van der Waals surface area contributed by atoms with E-state index in [4.69, 9.17) is 10.5 Å². The summed E-state index contributed by atoms with van der Waals surface area (Å²) < 4.78 is 5.33. The molecule has 1 heterocycles. The van der Waals surface area contributed by atoms with Crippen LogP contribution in [0, 0.1) is 11.8 Å². The van der Waals surface area contributed by atoms with E-state index in [2.05, 4.69) is 10.6 Å². The van der Waals surface area contributed by atoms with Crippen molar-refractivity contribution in [3.63, 3.8) is 0 Å². The number of rotatable bonds is 9. The topological polar surface area (TPSA) is 114 Å². The highest BCUT2D eigenvalue weighted by molar-refractivity contribution is 5.82. The molecular weight excluding hydrogens is 274 g/mol. The maximum atomic E-state index is 11.7. The molecule has 122 valence electrons. The van der Waals surface area contributed by atoms with Crippen molar-refractivity contribution < 1.29 is 19.4 Å². The number of aliphatic hydroxyl groups is 1. The molecule has 1 aliphatic heterocycles. The molecule has 0 aliphatic carbocycles. The fraction of sp³-hybridized carbons (Fsp3) is 0.857. The van der Waals surface area contributed by atoms with Crippen LogP contribution in [-0.2, 0) is 14.3 Å². The van der Waals surface area contributed by atoms with Gasteiger partial charge in [0.05, 0.1) is 6.61 Å². The Morgan fingerprint density at radius 1 is 1.57 bits per heavy atom. The Kier molecular flexibility index (Phi) is 7.63. The molecule has 0 bridgehead atoms. The highest BCUT2D eigenvalue weighted by Crippen LogP contribution is 2.16. The van der Waals surface area contributed by atoms with Crippen molar-refractivity contribution in [1.29, 1.82) is 0 Å². The largest absolute Gasteiger partial charge is 0.382 e. The summed E-state index contributed by atoms with van der Waals surface area (Å²) in [7, 11) is 0. The molecule has 21 heavy (non-hydrogen) atoms. The van der Waals surface area contributed by atoms with Crippen molar-refractivity contribution in [2.75, 3.05) is 26.3 Å². The molecule has 1 rings (SSSR count). The Morgan fingerprint density at radius 3 is 2.86 bits per heavy atom. The number of nitrogens with two attached hydrogens (primary N) is 1. The molecule has 7 nitrogen and oxygen atoms in total. The number of carbonyl (C=O) groups excluding carboxylic acids is 2. The quantitative estimate of drug-likeness (QED) is 0.408. The molecule has 1 unspecified atom stereocenters. The molecule has 0 aromatic heterocycles. The van der Waals surface area contributed by atoms with Crippen LogP contribution in [0.25, 0.3) is 0 Å². The lowest BCUT2D eigenvalue weighted by Crippen LogP contribution is -2.48. The lowest BCUT2D eigenvalue weighted by Gasteiger charge is -2.20. The van der Waals surface area contributed by atoms with Crippen LogP contribution in [0.1, 0.15) is 26.7 Å². The lowest BCUT2D eigenvalue weighted by molar-refractivity contribution is -0.131. The van der Waals surface area contributed by atoms with Crippen molar-refractivity contribution in [2.45, 2.75) is 38.8 Å². The van der Waals surface area contributed by atoms with Crippen molar-refractivity contribution in [3.8, 4) is 0 Å². The Balaban J connectivity index is 2.21. The molecule has 1 aliphatic rings. The molecular formula is C14H27N3O4. The SMILES string of the molecule is CC(C)COCCNC(=O)C(O)[C@@H](N)C[C@@H]1CCNC1=O. The first-order valence-electron chi connectivity index (χ1n) is 7.48. The summed E-state index contributed by atoms with van der Waals surface area (Å²) in [6.45, 7) is 6.08. The second-order valence-corrected chi connectivity index (χ2v) is 5.88. The molecule has 2 amide bonds. The molecule has 0 spiro atoms. The van der Waals surface area contributed by atoms with Gasteiger partial charge in [0.15, 0.2) is 0 Å². The number of ether oxygens (including phenoxy) is 1. The summed E-state index contributed by atoms with van der Waals surface area (Å²) in [5.74, 6) is -0.344. The Hall–Kier alpha value is -1.18. The minimum absolute atomic E-state index is 0.0554. The van der Waals surface area contributed by atoms with Gasteiger partial charge in [0, 0.05) is 31.7 Å². The van der Waals surface area contributed by atoms with Gasteiger partial charge in [0.25, 0.3) is 5.91 Å². The van der Waals surface area contributed by atoms with E-state index < -0.39 is 18.1 Å². The average molecular weight is 301 g/mol. The smallest absolute Gasteiger partial charge is 0.250 e. The normalized spacial score (nSPS) is 21.2. The van der Waals surface area contributed by atoms with Crippen LogP contribution in [0.2, 0.25) is 0 Å². The Morgan fingerprint density at radius 2 is 2.29 bits per heavy atom. The first-order valence-corrected chi connectivity index (χ1v) is 7.48. The Bertz CT molecular complexity index is 349. The van der Waals surface area contributed by atoms with Crippen LogP contribution in [0.3, 0.4) is 0 Å². The number of amides is 2. The second-order valence-electron chi connectivity index (χ2n) is 5.88. The minimum Gasteiger partial charge on any atom is -0.382 e. The second kappa shape index (κ2) is 8.96. The highest BCUT2D eigenvalue weighted by Gasteiger charge is 2.30. The maximum absolute atomic E-state index is 11.7. The van der Waals surface area contributed by atoms with E-state index >= 15 is 0 Å². The fourth-order valence-corrected chi connectivity index (χ4v) is 2.19. The molecule has 0 saturated carbocycles. The van der Waals surface area contributed by atoms with E-state index in [0.29, 0.717) is 45.1 Å². The van der Waals surface area contributed by atoms with Gasteiger partial charge in [-0.2, -0.15) is 0 Å². The van der Waals surface area contributed by atoms with E-state index in [9.17, 15) is 14.7 Å². The van der Waals surface area contributed by atoms with Crippen molar-refractivity contribution in [1.82, 2.24) is 10.6 Å². The van der Waals surface area contributed by atoms with Crippen molar-refractivity contribution >= 4 is 11.8 Å². The van der Waals surface area contributed by atoms with Gasteiger partial charge < -0.3 is 26.2 Å². The zero-order chi connectivity index (χ0) is 15.8. The van der Waals surface area contributed by atoms with Crippen LogP contribution in [0.4, 0.5) is 0 Å². The summed E-state index contributed by atoms with van der Waals surface area (Å²) in [6.07, 6.45) is -0.294. The first-order chi connectivity index (χ1) is 9.91. The molecule has 1 fully saturated rings. The third-order valence-electron chi connectivity index (χ3n) is 3.39. The van der Waals surface area contributed by atoms with Crippen LogP contribution in [0.15, 0.2) is 0 Å². The first kappa shape index (κ1) is 17.9. The van der Waals surface area contributed by atoms with E-state index in [0.717, 1.165) is 0 Å². The third-order valence-corrected chi connectivity index (χ3v) is 3.39. The fourth-order valence-electron chi connectivity index (χ4n) is 2.19. The zero-order valence-corrected chi connectivity index (χ0v) is 12.8. The number of aliphatic hydroxyl groups excluding tert-OH is 1. The molecule has 5 N–H and O–H groups in total. The average Bonchev–Trinajstić information content (AvgIpc) is 2.82. The summed E-state index contributed by atoms with van der Waals surface area (Å²) in [6, 6.07) is -0.740. The number of hydrogen-bond donors (Lipinski definition) is 4. The van der Waals surface area contributed by atoms with E-state index in [1.807, 2.05) is 13.8 Å². The molecule has 7 heteroatoms. The summed E-state index contributed by atoms with van der Waals surface area (Å²) >= 11 is 0. The minimum atomic E-state index is -1.30. The molecule has 0 radical (unpaired) electrons. The van der Waals surface area contributed by atoms with Gasteiger partial charge in [0.1, 0.15) is 6.10 Å². The van der Waals surface area contributed by atoms with Gasteiger partial charge >= 0.3 is 0 Å². The predicted molar refractivity (Wildman–Crippen MR) is 78.4 cm³/mol. The van der Waals surface area contributed by atoms with Gasteiger partial charge in [0.2, 0.25) is 5.91 Å². The standard InChI is InChI=1S/C14H27N3O4/c1-9(2)8-21-6-5-17-14(20)12(18)11(15)7-10-3-4-16-13(10)19/h9-12,18H,3-8,15H2,1-2H3,(H,16,19)(H,17,20)/t10-,11-,12?/m0/s1. The summed E-state index contributed by atoms with van der Waals surface area (Å²) in [5, 5.41) is 15.2. The van der Waals surface area contributed by atoms with Crippen molar-refractivity contribution in [2.24, 2.45) is 17.6 Å². The van der Waals surface area contributed by atoms with Gasteiger partial charge in [-0.05, 0) is 18.8 Å². The van der Waals surface area contributed by atoms with Crippen LogP contribution in [-0.4, -0.2) is 55.4 Å². The molecule has 1 saturated heterocycles. The van der Waals surface area contributed by atoms with Crippen molar-refractivity contribution in [3.05, 3.63) is 0 Å². The summed E-state index contributed by atoms with van der Waals surface area (Å²) in [5.41, 5.74) is 5.81. The Labute approximate surface area is 125 Å². The summed E-state index contributed by atoms with van der Waals surface area (Å²) in [4.78, 5) is 23.2. The lowest BCUT2D eigenvalue weighted by atomic mass is 9.95. The van der Waals surface area contributed by atoms with Crippen LogP contribution < -0.4 is 16.4 Å².